The molecular weight excluding hydrogens is 632 g/mol. The Hall–Kier alpha value is -5.52. The number of aryl methyl sites for hydroxylation is 1. The third-order valence-electron chi connectivity index (χ3n) is 9.24. The van der Waals surface area contributed by atoms with Gasteiger partial charge in [-0.25, -0.2) is 15.0 Å². The molecule has 11 nitrogen and oxygen atoms in total. The number of para-hydroxylation sites is 1. The van der Waals surface area contributed by atoms with Crippen molar-refractivity contribution in [2.75, 3.05) is 19.0 Å². The maximum atomic E-state index is 13.8. The molecular formula is C39H42N6O5. The van der Waals surface area contributed by atoms with Crippen molar-refractivity contribution < 1.29 is 19.2 Å². The summed E-state index contributed by atoms with van der Waals surface area (Å²) in [5.74, 6) is 0.398. The average molecular weight is 675 g/mol. The molecule has 50 heavy (non-hydrogen) atoms. The minimum atomic E-state index is -0.672. The molecule has 1 saturated carbocycles. The Balaban J connectivity index is 1.27. The van der Waals surface area contributed by atoms with Gasteiger partial charge in [-0.1, -0.05) is 78.9 Å². The van der Waals surface area contributed by atoms with Crippen molar-refractivity contribution in [2.45, 2.75) is 44.8 Å². The van der Waals surface area contributed by atoms with Crippen molar-refractivity contribution in [3.8, 4) is 16.9 Å². The van der Waals surface area contributed by atoms with Crippen molar-refractivity contribution in [2.24, 2.45) is 13.0 Å². The van der Waals surface area contributed by atoms with Crippen LogP contribution in [0.4, 0.5) is 10.6 Å². The number of methoxy groups -OCH3 is 1. The molecule has 3 atom stereocenters. The summed E-state index contributed by atoms with van der Waals surface area (Å²) in [7, 11) is 3.29. The minimum absolute atomic E-state index is 0.0686. The maximum Gasteiger partial charge on any atom is 0.320 e. The second-order valence-electron chi connectivity index (χ2n) is 12.7. The molecule has 0 radical (unpaired) electrons. The van der Waals surface area contributed by atoms with Crippen LogP contribution >= 0.6 is 0 Å². The molecule has 0 saturated heterocycles. The highest BCUT2D eigenvalue weighted by molar-refractivity contribution is 5.95. The van der Waals surface area contributed by atoms with Crippen LogP contribution in [-0.2, 0) is 23.2 Å². The minimum Gasteiger partial charge on any atom is -0.385 e. The predicted molar refractivity (Wildman–Crippen MR) is 192 cm³/mol. The van der Waals surface area contributed by atoms with E-state index in [0.717, 1.165) is 30.5 Å². The molecule has 11 heteroatoms. The van der Waals surface area contributed by atoms with Crippen LogP contribution in [-0.4, -0.2) is 46.0 Å². The number of hydrogen-bond acceptors (Lipinski definition) is 6. The van der Waals surface area contributed by atoms with Crippen LogP contribution in [0, 0.1) is 12.8 Å². The Bertz CT molecular complexity index is 1980. The van der Waals surface area contributed by atoms with Gasteiger partial charge in [0.05, 0.1) is 18.0 Å². The SMILES string of the molecule is COCC[C@@H]1C[C@@H](NC(=O)Nc2c(C)c(-c3cc(C(=O)NOCc4ccccc4)c(=O)n(C)c3)nn2-c2ccccc2)[C@H](c2ccccc2)C1. The molecule has 3 N–H and O–H groups in total. The summed E-state index contributed by atoms with van der Waals surface area (Å²) in [5.41, 5.74) is 6.30. The number of carbonyl (C=O) groups excluding carboxylic acids is 2. The normalized spacial score (nSPS) is 17.0. The summed E-state index contributed by atoms with van der Waals surface area (Å²) in [6, 6.07) is 30.3. The third-order valence-corrected chi connectivity index (χ3v) is 9.24. The van der Waals surface area contributed by atoms with Gasteiger partial charge in [0.1, 0.15) is 11.4 Å². The Morgan fingerprint density at radius 1 is 0.940 bits per heavy atom. The summed E-state index contributed by atoms with van der Waals surface area (Å²) in [6.45, 7) is 2.68. The van der Waals surface area contributed by atoms with Crippen molar-refractivity contribution in [1.29, 1.82) is 0 Å². The predicted octanol–water partition coefficient (Wildman–Crippen LogP) is 6.13. The first-order valence-electron chi connectivity index (χ1n) is 16.8. The number of ether oxygens (including phenoxy) is 1. The van der Waals surface area contributed by atoms with E-state index in [0.29, 0.717) is 35.2 Å². The van der Waals surface area contributed by atoms with Gasteiger partial charge in [0.2, 0.25) is 0 Å². The largest absolute Gasteiger partial charge is 0.385 e. The number of carbonyl (C=O) groups is 2. The molecule has 5 aromatic rings. The van der Waals surface area contributed by atoms with Gasteiger partial charge in [0, 0.05) is 50.0 Å². The van der Waals surface area contributed by atoms with Crippen LogP contribution in [0.5, 0.6) is 0 Å². The van der Waals surface area contributed by atoms with E-state index in [-0.39, 0.29) is 30.2 Å². The van der Waals surface area contributed by atoms with E-state index < -0.39 is 11.5 Å². The highest BCUT2D eigenvalue weighted by Crippen LogP contribution is 2.40. The van der Waals surface area contributed by atoms with Gasteiger partial charge >= 0.3 is 6.03 Å². The molecule has 0 bridgehead atoms. The summed E-state index contributed by atoms with van der Waals surface area (Å²) >= 11 is 0. The topological polar surface area (TPSA) is 129 Å². The lowest BCUT2D eigenvalue weighted by Crippen LogP contribution is -2.40. The van der Waals surface area contributed by atoms with Gasteiger partial charge in [-0.15, -0.1) is 0 Å². The van der Waals surface area contributed by atoms with Gasteiger partial charge in [-0.05, 0) is 61.4 Å². The van der Waals surface area contributed by atoms with Crippen LogP contribution in [0.2, 0.25) is 0 Å². The average Bonchev–Trinajstić information content (AvgIpc) is 3.69. The van der Waals surface area contributed by atoms with Gasteiger partial charge in [-0.2, -0.15) is 5.10 Å². The number of anilines is 1. The molecule has 3 aromatic carbocycles. The lowest BCUT2D eigenvalue weighted by atomic mass is 9.93. The van der Waals surface area contributed by atoms with Crippen LogP contribution < -0.4 is 21.7 Å². The lowest BCUT2D eigenvalue weighted by molar-refractivity contribution is 0.0232. The third kappa shape index (κ3) is 7.85. The zero-order chi connectivity index (χ0) is 35.0. The van der Waals surface area contributed by atoms with Crippen molar-refractivity contribution in [1.82, 2.24) is 25.1 Å². The van der Waals surface area contributed by atoms with E-state index in [2.05, 4.69) is 28.2 Å². The number of benzene rings is 3. The van der Waals surface area contributed by atoms with E-state index in [9.17, 15) is 14.4 Å². The summed E-state index contributed by atoms with van der Waals surface area (Å²) in [6.07, 6.45) is 4.36. The van der Waals surface area contributed by atoms with Gasteiger partial charge in [0.25, 0.3) is 11.5 Å². The first kappa shape index (κ1) is 34.3. The smallest absolute Gasteiger partial charge is 0.320 e. The number of amides is 3. The fourth-order valence-electron chi connectivity index (χ4n) is 6.69. The number of nitrogens with zero attached hydrogens (tertiary/aromatic N) is 3. The quantitative estimate of drug-likeness (QED) is 0.137. The number of hydrogen-bond donors (Lipinski definition) is 3. The monoisotopic (exact) mass is 674 g/mol. The van der Waals surface area contributed by atoms with Crippen LogP contribution in [0.3, 0.4) is 0 Å². The number of aromatic nitrogens is 3. The summed E-state index contributed by atoms with van der Waals surface area (Å²) in [4.78, 5) is 45.4. The first-order valence-corrected chi connectivity index (χ1v) is 16.8. The van der Waals surface area contributed by atoms with Gasteiger partial charge in [0.15, 0.2) is 0 Å². The highest BCUT2D eigenvalue weighted by atomic mass is 16.6. The molecule has 0 unspecified atom stereocenters. The molecule has 6 rings (SSSR count). The van der Waals surface area contributed by atoms with Crippen LogP contribution in [0.25, 0.3) is 16.9 Å². The summed E-state index contributed by atoms with van der Waals surface area (Å²) < 4.78 is 8.37. The maximum absolute atomic E-state index is 13.8. The number of urea groups is 1. The van der Waals surface area contributed by atoms with E-state index in [1.54, 1.807) is 25.0 Å². The standard InChI is InChI=1S/C39H42N6O5/c1-26-35(30-23-33(38(47)44(2)24-30)37(46)43-50-25-27-13-7-4-8-14-27)42-45(31-17-11-6-12-18-31)36(26)41-39(48)40-34-22-28(19-20-49-3)21-32(34)29-15-9-5-10-16-29/h4-18,23-24,28,32,34H,19-22,25H2,1-3H3,(H,43,46)(H2,40,41,48)/t28-,32-,34+/m0/s1. The molecule has 258 valence electrons. The van der Waals surface area contributed by atoms with Gasteiger partial charge in [-0.3, -0.25) is 19.7 Å². The first-order chi connectivity index (χ1) is 24.3. The van der Waals surface area contributed by atoms with Crippen LogP contribution in [0.1, 0.15) is 52.2 Å². The second kappa shape index (κ2) is 15.8. The molecule has 1 aliphatic carbocycles. The number of hydroxylamine groups is 1. The summed E-state index contributed by atoms with van der Waals surface area (Å²) in [5, 5.41) is 11.3. The Morgan fingerprint density at radius 2 is 1.62 bits per heavy atom. The fraction of sp³-hybridized carbons (Fsp3) is 0.282. The van der Waals surface area contributed by atoms with Gasteiger partial charge < -0.3 is 14.6 Å². The molecule has 3 amide bonds. The number of pyridine rings is 1. The van der Waals surface area contributed by atoms with E-state index >= 15 is 0 Å². The number of rotatable bonds is 12. The van der Waals surface area contributed by atoms with Crippen LogP contribution in [0.15, 0.2) is 108 Å². The Morgan fingerprint density at radius 3 is 2.32 bits per heavy atom. The van der Waals surface area contributed by atoms with Crippen molar-refractivity contribution in [3.05, 3.63) is 136 Å². The molecule has 0 aliphatic heterocycles. The Labute approximate surface area is 291 Å². The lowest BCUT2D eigenvalue weighted by Gasteiger charge is -2.22. The molecule has 0 spiro atoms. The second-order valence-corrected chi connectivity index (χ2v) is 12.7. The fourth-order valence-corrected chi connectivity index (χ4v) is 6.69. The Kier molecular flexibility index (Phi) is 10.9. The van der Waals surface area contributed by atoms with Crippen molar-refractivity contribution >= 4 is 17.8 Å². The zero-order valence-corrected chi connectivity index (χ0v) is 28.5. The van der Waals surface area contributed by atoms with E-state index in [1.165, 1.54) is 16.2 Å². The van der Waals surface area contributed by atoms with Crippen molar-refractivity contribution in [3.63, 3.8) is 0 Å². The molecule has 2 aromatic heterocycles. The molecule has 1 fully saturated rings. The van der Waals surface area contributed by atoms with E-state index in [1.807, 2.05) is 85.8 Å². The molecule has 2 heterocycles. The number of nitrogens with one attached hydrogen (secondary N) is 3. The highest BCUT2D eigenvalue weighted by Gasteiger charge is 2.36. The van der Waals surface area contributed by atoms with E-state index in [4.69, 9.17) is 14.7 Å². The molecule has 1 aliphatic rings. The zero-order valence-electron chi connectivity index (χ0n) is 28.5.